The molecule has 5 bridgehead atoms. The van der Waals surface area contributed by atoms with Gasteiger partial charge in [0.2, 0.25) is 23.6 Å². The number of fused-ring (bicyclic) bond motifs is 3. The highest BCUT2D eigenvalue weighted by Gasteiger charge is 2.43. The van der Waals surface area contributed by atoms with Crippen molar-refractivity contribution in [1.82, 2.24) is 16.0 Å². The molecule has 1 unspecified atom stereocenters. The molecule has 4 aliphatic heterocycles. The van der Waals surface area contributed by atoms with Crippen LogP contribution in [0.3, 0.4) is 0 Å². The van der Waals surface area contributed by atoms with E-state index >= 15 is 0 Å². The van der Waals surface area contributed by atoms with Crippen LogP contribution in [-0.4, -0.2) is 35.3 Å². The third-order valence-corrected chi connectivity index (χ3v) is 16.3. The molecule has 1 atom stereocenters. The average molecular weight is 1200 g/mol. The molecule has 12 heteroatoms. The van der Waals surface area contributed by atoms with E-state index in [2.05, 4.69) is 193 Å². The molecule has 468 valence electrons. The number of benzene rings is 4. The molecule has 0 aromatic heterocycles. The van der Waals surface area contributed by atoms with E-state index in [4.69, 9.17) is 4.99 Å². The van der Waals surface area contributed by atoms with Crippen LogP contribution in [-0.2, 0) is 40.8 Å². The monoisotopic (exact) mass is 1200 g/mol. The molecular formula is C77H96N8O4. The SMILES string of the molecule is CC(C)C(=O)Nc1cccc(NC(=O)C(C)C)c1C1=C2/C=C\C=C(/c3cc(C(C)(C)C)cc(C(C)(C)C)c3)C/C=C\C3=C(c4c(NC(=O)C(C)C)cccc4NC(=O)C(C)C)C4=C/C=C/C(c5cc(C(C)(C)C)cc(C(C)(C)C)c5)=C/C=C\C1=NC(N2)(N3)N\4. The number of allylic oxidation sites excluding steroid dienone is 15. The second-order valence-corrected chi connectivity index (χ2v) is 29.4. The number of nitrogens with zero attached hydrogens (tertiary/aromatic N) is 1. The van der Waals surface area contributed by atoms with Crippen molar-refractivity contribution in [1.29, 1.82) is 0 Å². The van der Waals surface area contributed by atoms with Crippen LogP contribution in [0.25, 0.3) is 22.3 Å². The predicted octanol–water partition coefficient (Wildman–Crippen LogP) is 16.9. The highest BCUT2D eigenvalue weighted by molar-refractivity contribution is 6.33. The van der Waals surface area contributed by atoms with Crippen molar-refractivity contribution in [2.45, 2.75) is 172 Å². The molecule has 0 saturated heterocycles. The van der Waals surface area contributed by atoms with E-state index in [9.17, 15) is 19.2 Å². The number of hydrogen-bond donors (Lipinski definition) is 7. The lowest BCUT2D eigenvalue weighted by Gasteiger charge is -2.44. The topological polar surface area (TPSA) is 165 Å². The van der Waals surface area contributed by atoms with Gasteiger partial charge in [-0.15, -0.1) is 0 Å². The van der Waals surface area contributed by atoms with Crippen LogP contribution in [0.15, 0.2) is 162 Å². The molecule has 8 rings (SSSR count). The zero-order valence-corrected chi connectivity index (χ0v) is 56.4. The van der Waals surface area contributed by atoms with Gasteiger partial charge in [-0.3, -0.25) is 19.2 Å². The van der Waals surface area contributed by atoms with Gasteiger partial charge in [0.1, 0.15) is 0 Å². The van der Waals surface area contributed by atoms with Crippen molar-refractivity contribution < 1.29 is 19.2 Å². The Balaban J connectivity index is 1.57. The van der Waals surface area contributed by atoms with Gasteiger partial charge in [0, 0.05) is 63.0 Å². The van der Waals surface area contributed by atoms with Crippen molar-refractivity contribution >= 4 is 74.4 Å². The number of hydrogen-bond acceptors (Lipinski definition) is 8. The lowest BCUT2D eigenvalue weighted by molar-refractivity contribution is -0.119. The molecular weight excluding hydrogens is 1100 g/mol. The van der Waals surface area contributed by atoms with Gasteiger partial charge in [-0.2, -0.15) is 0 Å². The minimum absolute atomic E-state index is 0.158. The molecule has 0 radical (unpaired) electrons. The van der Waals surface area contributed by atoms with E-state index in [-0.39, 0.29) is 69.0 Å². The molecule has 89 heavy (non-hydrogen) atoms. The fourth-order valence-electron chi connectivity index (χ4n) is 10.6. The number of carbonyl (C=O) groups is 4. The molecule has 4 aromatic rings. The summed E-state index contributed by atoms with van der Waals surface area (Å²) in [6.07, 6.45) is 23.3. The van der Waals surface area contributed by atoms with Crippen LogP contribution in [0.4, 0.5) is 22.7 Å². The van der Waals surface area contributed by atoms with Gasteiger partial charge in [-0.1, -0.05) is 230 Å². The molecule has 4 aliphatic rings. The van der Waals surface area contributed by atoms with Gasteiger partial charge in [0.05, 0.1) is 28.5 Å². The van der Waals surface area contributed by atoms with Crippen LogP contribution in [0.5, 0.6) is 0 Å². The Hall–Kier alpha value is -8.51. The summed E-state index contributed by atoms with van der Waals surface area (Å²) in [4.78, 5) is 61.9. The highest BCUT2D eigenvalue weighted by atomic mass is 16.2. The maximum atomic E-state index is 14.0. The Labute approximate surface area is 530 Å². The number of amides is 4. The van der Waals surface area contributed by atoms with E-state index in [0.29, 0.717) is 74.2 Å². The minimum Gasteiger partial charge on any atom is -0.326 e. The fraction of sp³-hybridized carbons (Fsp3) is 0.390. The smallest absolute Gasteiger partial charge is 0.289 e. The standard InChI is InChI=1S/C77H96N8O4/c1-45(2)69(86)78-57-31-25-32-58(79-70(87)46(3)4)65(57)67-61-35-21-27-49(51-39-53(73(9,10)11)43-54(40-51)74(12,13)14)29-23-37-63-68(66-59(80-71(88)47(5)6)33-26-34-60(66)81-72(89)48(7)8)64-38-24-30-50(28-22-36-62(67)83-77(82-61,84-63)85-64)52-41-55(75(15,16)17)44-56(42-52)76(18,19)20/h21-29,31-48,83-85H,30H2,1-20H3,(H,78,86)(H,79,87)(H,80,88)(H,81,89)/b29-23+,35-21-,36-22-,38-24-,49-27-,50-28-,63-37-. The molecule has 0 fully saturated rings. The molecule has 7 N–H and O–H groups in total. The summed E-state index contributed by atoms with van der Waals surface area (Å²) in [5, 5.41) is 24.6. The molecule has 4 heterocycles. The van der Waals surface area contributed by atoms with Crippen molar-refractivity contribution in [3.63, 3.8) is 0 Å². The highest BCUT2D eigenvalue weighted by Crippen LogP contribution is 2.45. The Morgan fingerprint density at radius 2 is 0.831 bits per heavy atom. The third kappa shape index (κ3) is 15.5. The van der Waals surface area contributed by atoms with Gasteiger partial charge in [-0.05, 0) is 121 Å². The predicted molar refractivity (Wildman–Crippen MR) is 373 cm³/mol. The Morgan fingerprint density at radius 3 is 1.25 bits per heavy atom. The van der Waals surface area contributed by atoms with Crippen molar-refractivity contribution in [2.24, 2.45) is 28.7 Å². The van der Waals surface area contributed by atoms with Crippen molar-refractivity contribution in [3.8, 4) is 0 Å². The van der Waals surface area contributed by atoms with Gasteiger partial charge >= 0.3 is 0 Å². The van der Waals surface area contributed by atoms with E-state index in [1.807, 2.05) is 122 Å². The molecule has 0 saturated carbocycles. The largest absolute Gasteiger partial charge is 0.326 e. The van der Waals surface area contributed by atoms with Gasteiger partial charge in [0.15, 0.2) is 0 Å². The summed E-state index contributed by atoms with van der Waals surface area (Å²) in [5.74, 6) is -3.80. The van der Waals surface area contributed by atoms with Crippen LogP contribution in [0, 0.1) is 23.7 Å². The number of anilines is 4. The van der Waals surface area contributed by atoms with Crippen LogP contribution >= 0.6 is 0 Å². The second kappa shape index (κ2) is 25.9. The summed E-state index contributed by atoms with van der Waals surface area (Å²) in [6, 6.07) is 25.0. The molecule has 0 aliphatic carbocycles. The van der Waals surface area contributed by atoms with Crippen molar-refractivity contribution in [2.75, 3.05) is 21.3 Å². The lowest BCUT2D eigenvalue weighted by Crippen LogP contribution is -2.67. The Kier molecular flexibility index (Phi) is 19.3. The quantitative estimate of drug-likeness (QED) is 0.0742. The summed E-state index contributed by atoms with van der Waals surface area (Å²) < 4.78 is 0. The number of carbonyl (C=O) groups excluding carboxylic acids is 4. The first-order valence-electron chi connectivity index (χ1n) is 31.6. The van der Waals surface area contributed by atoms with Crippen LogP contribution in [0.1, 0.15) is 189 Å². The van der Waals surface area contributed by atoms with Gasteiger partial charge in [-0.25, -0.2) is 4.99 Å². The van der Waals surface area contributed by atoms with E-state index in [1.54, 1.807) is 0 Å². The average Bonchev–Trinajstić information content (AvgIpc) is 0.792. The first-order chi connectivity index (χ1) is 41.5. The van der Waals surface area contributed by atoms with Gasteiger partial charge in [0.25, 0.3) is 5.91 Å². The van der Waals surface area contributed by atoms with E-state index in [1.165, 1.54) is 22.3 Å². The van der Waals surface area contributed by atoms with E-state index < -0.39 is 5.91 Å². The number of rotatable bonds is 12. The molecule has 1 spiro atoms. The summed E-state index contributed by atoms with van der Waals surface area (Å²) in [6.45, 7) is 41.7. The zero-order chi connectivity index (χ0) is 65.3. The van der Waals surface area contributed by atoms with E-state index in [0.717, 1.165) is 22.3 Å². The Morgan fingerprint density at radius 1 is 0.449 bits per heavy atom. The number of aliphatic imine (C=N–C) groups is 1. The fourth-order valence-corrected chi connectivity index (χ4v) is 10.6. The Bertz CT molecular complexity index is 3650. The van der Waals surface area contributed by atoms with Gasteiger partial charge < -0.3 is 37.2 Å². The minimum atomic E-state index is -1.54. The molecule has 12 nitrogen and oxygen atoms in total. The maximum absolute atomic E-state index is 14.0. The number of nitrogens with one attached hydrogen (secondary N) is 7. The second-order valence-electron chi connectivity index (χ2n) is 29.4. The lowest BCUT2D eigenvalue weighted by atomic mass is 9.78. The summed E-state index contributed by atoms with van der Waals surface area (Å²) in [5.41, 5.74) is 14.9. The summed E-state index contributed by atoms with van der Waals surface area (Å²) in [7, 11) is 0. The third-order valence-electron chi connectivity index (χ3n) is 16.3. The maximum Gasteiger partial charge on any atom is 0.289 e. The van der Waals surface area contributed by atoms with Crippen LogP contribution < -0.4 is 37.2 Å². The molecule has 4 aromatic carbocycles. The first kappa shape index (κ1) is 66.4. The van der Waals surface area contributed by atoms with Crippen LogP contribution in [0.2, 0.25) is 0 Å². The molecule has 4 amide bonds. The summed E-state index contributed by atoms with van der Waals surface area (Å²) >= 11 is 0. The first-order valence-corrected chi connectivity index (χ1v) is 31.6. The normalized spacial score (nSPS) is 20.4. The zero-order valence-electron chi connectivity index (χ0n) is 56.4. The van der Waals surface area contributed by atoms with Crippen molar-refractivity contribution in [3.05, 3.63) is 201 Å².